The molecule has 0 bridgehead atoms. The van der Waals surface area contributed by atoms with Gasteiger partial charge in [0.15, 0.2) is 6.29 Å². The van der Waals surface area contributed by atoms with E-state index in [0.717, 1.165) is 116 Å². The Kier molecular flexibility index (Phi) is 20.3. The molecule has 8 N–H and O–H groups in total. The topological polar surface area (TPSA) is 226 Å². The number of fused-ring (bicyclic) bond motifs is 7. The Morgan fingerprint density at radius 3 is 2.03 bits per heavy atom. The number of nitrogens with zero attached hydrogens (tertiary/aromatic N) is 1. The van der Waals surface area contributed by atoms with Crippen molar-refractivity contribution in [3.63, 3.8) is 0 Å². The second kappa shape index (κ2) is 24.6. The number of rotatable bonds is 21. The molecule has 1 aliphatic heterocycles. The van der Waals surface area contributed by atoms with E-state index in [2.05, 4.69) is 84.4 Å². The zero-order valence-electron chi connectivity index (χ0n) is 49.2. The van der Waals surface area contributed by atoms with Crippen molar-refractivity contribution in [1.29, 1.82) is 0 Å². The summed E-state index contributed by atoms with van der Waals surface area (Å²) in [6.45, 7) is 31.6. The number of carboxylic acid groups (broad SMARTS) is 1. The molecule has 15 atom stereocenters. The van der Waals surface area contributed by atoms with Gasteiger partial charge in [0.1, 0.15) is 12.2 Å². The number of aliphatic carboxylic acids is 1. The van der Waals surface area contributed by atoms with Gasteiger partial charge in [0.05, 0.1) is 29.5 Å². The third kappa shape index (κ3) is 12.3. The number of aliphatic hydroxyl groups is 5. The molecule has 0 aromatic carbocycles. The van der Waals surface area contributed by atoms with E-state index in [1.807, 2.05) is 0 Å². The fourth-order valence-corrected chi connectivity index (χ4v) is 17.6. The van der Waals surface area contributed by atoms with Crippen LogP contribution in [0, 0.1) is 73.4 Å². The van der Waals surface area contributed by atoms with Crippen LogP contribution in [-0.4, -0.2) is 122 Å². The first-order valence-electron chi connectivity index (χ1n) is 30.2. The SMILES string of the molecule is C=C(C)[C@@H]1CC[C@]2(C(=O)NC3C[C@H](C(=O)N4CCCCC4)C3(C)C)CC[C@]3(C)C(CCC4[C@@]5(C)CC[C@H](OC(=O)CC(C)(C)C(=O)O)C(C)(C)C5CC[C@]43C)C12.CCCCCCCCNC[C@@H](O)[C@H](O)[C@H](O)CC(O)O. The lowest BCUT2D eigenvalue weighted by atomic mass is 9.32. The first-order chi connectivity index (χ1) is 35.5. The van der Waals surface area contributed by atoms with Gasteiger partial charge in [-0.15, -0.1) is 0 Å². The number of esters is 1. The summed E-state index contributed by atoms with van der Waals surface area (Å²) >= 11 is 0. The monoisotopic (exact) mass is 1070 g/mol. The largest absolute Gasteiger partial charge is 0.481 e. The highest BCUT2D eigenvalue weighted by molar-refractivity contribution is 5.86. The number of likely N-dealkylation sites (tertiary alicyclic amines) is 1. The molecule has 14 nitrogen and oxygen atoms in total. The minimum Gasteiger partial charge on any atom is -0.481 e. The predicted octanol–water partition coefficient (Wildman–Crippen LogP) is 9.32. The van der Waals surface area contributed by atoms with Crippen molar-refractivity contribution in [3.8, 4) is 0 Å². The molecule has 5 unspecified atom stereocenters. The number of amides is 2. The second-order valence-electron chi connectivity index (χ2n) is 28.4. The van der Waals surface area contributed by atoms with E-state index in [1.165, 1.54) is 37.7 Å². The zero-order chi connectivity index (χ0) is 56.4. The number of carbonyl (C=O) groups is 4. The zero-order valence-corrected chi connectivity index (χ0v) is 49.2. The van der Waals surface area contributed by atoms with Crippen LogP contribution in [0.25, 0.3) is 0 Å². The van der Waals surface area contributed by atoms with Crippen LogP contribution in [0.3, 0.4) is 0 Å². The molecule has 436 valence electrons. The Bertz CT molecular complexity index is 2020. The third-order valence-electron chi connectivity index (χ3n) is 22.7. The molecule has 76 heavy (non-hydrogen) atoms. The summed E-state index contributed by atoms with van der Waals surface area (Å²) in [6, 6.07) is 0.0193. The predicted molar refractivity (Wildman–Crippen MR) is 296 cm³/mol. The average Bonchev–Trinajstić information content (AvgIpc) is 3.79. The Balaban J connectivity index is 0.000000398. The molecule has 7 aliphatic rings. The van der Waals surface area contributed by atoms with Crippen LogP contribution < -0.4 is 10.6 Å². The number of aliphatic hydroxyl groups excluding tert-OH is 4. The Morgan fingerprint density at radius 1 is 0.750 bits per heavy atom. The maximum atomic E-state index is 15.0. The number of allylic oxidation sites excluding steroid dienone is 1. The first kappa shape index (κ1) is 62.6. The van der Waals surface area contributed by atoms with Crippen LogP contribution >= 0.6 is 0 Å². The van der Waals surface area contributed by atoms with Gasteiger partial charge in [-0.3, -0.25) is 19.2 Å². The van der Waals surface area contributed by atoms with E-state index < -0.39 is 47.4 Å². The van der Waals surface area contributed by atoms with Crippen LogP contribution in [0.5, 0.6) is 0 Å². The standard InChI is InChI=1S/C48H76N2O6.C14H31NO5/c1-29(2)30-17-22-48(40(53)49-35-27-32(43(35,5)6)39(52)50-25-13-12-14-26-50)24-23-46(10)31(38(30)48)15-16-34-45(9)20-19-36(56-37(51)28-42(3,4)41(54)55)44(7,8)33(45)18-21-47(34,46)11;1-2-3-4-5-6-7-8-15-10-12(17)14(20)11(16)9-13(18)19/h30-36,38H,1,12-28H2,2-11H3,(H,49,53)(H,54,55);11-20H,2-10H2,1H3/t30-,31?,32+,33?,34?,35?,36-,38?,45-,46+,47+,48-;11-,12-,14-/m01/s1. The fourth-order valence-electron chi connectivity index (χ4n) is 17.6. The van der Waals surface area contributed by atoms with Crippen LogP contribution in [0.4, 0.5) is 0 Å². The lowest BCUT2D eigenvalue weighted by Gasteiger charge is -2.73. The number of carbonyl (C=O) groups excluding carboxylic acids is 3. The number of nitrogens with one attached hydrogen (secondary N) is 2. The average molecular weight is 1070 g/mol. The summed E-state index contributed by atoms with van der Waals surface area (Å²) < 4.78 is 6.20. The van der Waals surface area contributed by atoms with Gasteiger partial charge in [0, 0.05) is 43.4 Å². The molecule has 6 aliphatic carbocycles. The lowest BCUT2D eigenvalue weighted by Crippen LogP contribution is -2.68. The van der Waals surface area contributed by atoms with Gasteiger partial charge in [0.2, 0.25) is 11.8 Å². The highest BCUT2D eigenvalue weighted by Gasteiger charge is 2.72. The second-order valence-corrected chi connectivity index (χ2v) is 28.4. The van der Waals surface area contributed by atoms with Crippen LogP contribution in [-0.2, 0) is 23.9 Å². The van der Waals surface area contributed by atoms with Gasteiger partial charge in [-0.25, -0.2) is 0 Å². The number of hydrogen-bond acceptors (Lipinski definition) is 11. The molecule has 2 amide bonds. The van der Waals surface area contributed by atoms with Crippen molar-refractivity contribution in [2.45, 2.75) is 254 Å². The van der Waals surface area contributed by atoms with Crippen molar-refractivity contribution in [2.75, 3.05) is 26.2 Å². The highest BCUT2D eigenvalue weighted by atomic mass is 16.5. The van der Waals surface area contributed by atoms with Crippen molar-refractivity contribution >= 4 is 23.8 Å². The molecule has 7 rings (SSSR count). The summed E-state index contributed by atoms with van der Waals surface area (Å²) in [5, 5.41) is 62.3. The fraction of sp³-hybridized carbons (Fsp3) is 0.903. The first-order valence-corrected chi connectivity index (χ1v) is 30.2. The molecule has 0 aromatic heterocycles. The molecular formula is C62H107N3O11. The van der Waals surface area contributed by atoms with E-state index >= 15 is 4.79 Å². The maximum Gasteiger partial charge on any atom is 0.309 e. The summed E-state index contributed by atoms with van der Waals surface area (Å²) in [5.41, 5.74) is -0.492. The number of piperidine rings is 1. The molecule has 0 aromatic rings. The van der Waals surface area contributed by atoms with E-state index in [4.69, 9.17) is 14.9 Å². The van der Waals surface area contributed by atoms with E-state index in [9.17, 15) is 34.8 Å². The van der Waals surface area contributed by atoms with Crippen molar-refractivity contribution < 1.29 is 54.6 Å². The molecular weight excluding hydrogens is 963 g/mol. The number of carboxylic acids is 1. The quantitative estimate of drug-likeness (QED) is 0.0233. The molecule has 6 saturated carbocycles. The molecule has 0 radical (unpaired) electrons. The minimum atomic E-state index is -1.69. The molecule has 0 spiro atoms. The number of unbranched alkanes of at least 4 members (excludes halogenated alkanes) is 5. The van der Waals surface area contributed by atoms with Gasteiger partial charge in [-0.1, -0.05) is 99.6 Å². The van der Waals surface area contributed by atoms with E-state index in [0.29, 0.717) is 29.6 Å². The van der Waals surface area contributed by atoms with Crippen molar-refractivity contribution in [2.24, 2.45) is 73.4 Å². The smallest absolute Gasteiger partial charge is 0.309 e. The van der Waals surface area contributed by atoms with Gasteiger partial charge in [-0.2, -0.15) is 0 Å². The molecule has 1 heterocycles. The molecule has 14 heteroatoms. The van der Waals surface area contributed by atoms with E-state index in [-0.39, 0.29) is 76.4 Å². The maximum absolute atomic E-state index is 15.0. The Hall–Kier alpha value is -2.62. The van der Waals surface area contributed by atoms with Gasteiger partial charge in [-0.05, 0) is 175 Å². The normalized spacial score (nSPS) is 36.6. The van der Waals surface area contributed by atoms with Crippen LogP contribution in [0.1, 0.15) is 217 Å². The van der Waals surface area contributed by atoms with Gasteiger partial charge >= 0.3 is 11.9 Å². The number of hydrogen-bond donors (Lipinski definition) is 8. The summed E-state index contributed by atoms with van der Waals surface area (Å²) in [4.78, 5) is 55.6. The minimum absolute atomic E-state index is 0.0193. The Morgan fingerprint density at radius 2 is 1.41 bits per heavy atom. The van der Waals surface area contributed by atoms with E-state index in [1.54, 1.807) is 13.8 Å². The van der Waals surface area contributed by atoms with Gasteiger partial charge < -0.3 is 50.9 Å². The highest BCUT2D eigenvalue weighted by Crippen LogP contribution is 2.78. The van der Waals surface area contributed by atoms with Crippen molar-refractivity contribution in [1.82, 2.24) is 15.5 Å². The van der Waals surface area contributed by atoms with Crippen molar-refractivity contribution in [3.05, 3.63) is 12.2 Å². The third-order valence-corrected chi connectivity index (χ3v) is 22.7. The molecule has 7 fully saturated rings. The summed E-state index contributed by atoms with van der Waals surface area (Å²) in [5.74, 6) is 1.12. The summed E-state index contributed by atoms with van der Waals surface area (Å²) in [7, 11) is 0. The summed E-state index contributed by atoms with van der Waals surface area (Å²) in [6.07, 6.45) is 15.3. The molecule has 1 saturated heterocycles. The van der Waals surface area contributed by atoms with Crippen LogP contribution in [0.15, 0.2) is 12.2 Å². The van der Waals surface area contributed by atoms with Gasteiger partial charge in [0.25, 0.3) is 0 Å². The number of ether oxygens (including phenoxy) is 1. The lowest BCUT2D eigenvalue weighted by molar-refractivity contribution is -0.249. The van der Waals surface area contributed by atoms with Crippen LogP contribution in [0.2, 0.25) is 0 Å². The Labute approximate surface area is 458 Å².